The molecule has 4 nitrogen and oxygen atoms in total. The molecule has 0 fully saturated rings. The lowest BCUT2D eigenvalue weighted by Gasteiger charge is -2.15. The maximum absolute atomic E-state index is 9.62. The minimum atomic E-state index is 0.0627. The predicted octanol–water partition coefficient (Wildman–Crippen LogP) is 2.86. The number of fused-ring (bicyclic) bond motifs is 1. The average Bonchev–Trinajstić information content (AvgIpc) is 2.85. The number of aromatic hydroxyl groups is 1. The standard InChI is InChI=1S/C14H16N2O2S/c1-18-11-7-8(5-6-10(11)17)14-16-13-9(15)3-2-4-12(13)19-14/h5-7,9,17H,2-4,15H2,1H3. The Balaban J connectivity index is 2.03. The second-order valence-electron chi connectivity index (χ2n) is 4.71. The van der Waals surface area contributed by atoms with Gasteiger partial charge in [-0.3, -0.25) is 0 Å². The third-order valence-corrected chi connectivity index (χ3v) is 4.60. The van der Waals surface area contributed by atoms with E-state index in [9.17, 15) is 5.11 Å². The van der Waals surface area contributed by atoms with E-state index in [1.54, 1.807) is 24.5 Å². The van der Waals surface area contributed by atoms with Gasteiger partial charge < -0.3 is 15.6 Å². The van der Waals surface area contributed by atoms with Crippen molar-refractivity contribution in [1.29, 1.82) is 0 Å². The van der Waals surface area contributed by atoms with Crippen molar-refractivity contribution in [2.45, 2.75) is 25.3 Å². The number of benzene rings is 1. The molecule has 0 aliphatic heterocycles. The van der Waals surface area contributed by atoms with E-state index in [2.05, 4.69) is 4.98 Å². The van der Waals surface area contributed by atoms with Gasteiger partial charge in [-0.1, -0.05) is 0 Å². The Hall–Kier alpha value is -1.59. The van der Waals surface area contributed by atoms with Crippen LogP contribution in [0.4, 0.5) is 0 Å². The molecule has 0 saturated carbocycles. The first-order valence-electron chi connectivity index (χ1n) is 6.31. The molecule has 1 heterocycles. The molecular formula is C14H16N2O2S. The van der Waals surface area contributed by atoms with E-state index in [-0.39, 0.29) is 11.8 Å². The lowest BCUT2D eigenvalue weighted by atomic mass is 9.99. The third kappa shape index (κ3) is 2.19. The quantitative estimate of drug-likeness (QED) is 0.885. The first-order valence-corrected chi connectivity index (χ1v) is 7.13. The maximum Gasteiger partial charge on any atom is 0.161 e. The fourth-order valence-corrected chi connectivity index (χ4v) is 3.56. The van der Waals surface area contributed by atoms with Crippen LogP contribution in [0.25, 0.3) is 10.6 Å². The van der Waals surface area contributed by atoms with E-state index >= 15 is 0 Å². The number of aromatic nitrogens is 1. The van der Waals surface area contributed by atoms with Gasteiger partial charge in [0.25, 0.3) is 0 Å². The van der Waals surface area contributed by atoms with Gasteiger partial charge in [-0.25, -0.2) is 4.98 Å². The minimum absolute atomic E-state index is 0.0627. The van der Waals surface area contributed by atoms with Crippen LogP contribution in [0, 0.1) is 0 Å². The Morgan fingerprint density at radius 1 is 1.47 bits per heavy atom. The maximum atomic E-state index is 9.62. The Bertz CT molecular complexity index is 609. The van der Waals surface area contributed by atoms with E-state index in [0.29, 0.717) is 5.75 Å². The number of phenols is 1. The highest BCUT2D eigenvalue weighted by molar-refractivity contribution is 7.15. The topological polar surface area (TPSA) is 68.4 Å². The van der Waals surface area contributed by atoms with E-state index in [0.717, 1.165) is 35.5 Å². The van der Waals surface area contributed by atoms with Crippen LogP contribution in [0.3, 0.4) is 0 Å². The summed E-state index contributed by atoms with van der Waals surface area (Å²) in [7, 11) is 1.54. The van der Waals surface area contributed by atoms with Gasteiger partial charge >= 0.3 is 0 Å². The molecule has 1 aromatic heterocycles. The summed E-state index contributed by atoms with van der Waals surface area (Å²) in [6.45, 7) is 0. The van der Waals surface area contributed by atoms with Gasteiger partial charge in [0.1, 0.15) is 5.01 Å². The monoisotopic (exact) mass is 276 g/mol. The summed E-state index contributed by atoms with van der Waals surface area (Å²) in [5, 5.41) is 10.6. The van der Waals surface area contributed by atoms with Gasteiger partial charge in [0, 0.05) is 16.5 Å². The molecule has 1 unspecified atom stereocenters. The molecule has 1 aliphatic carbocycles. The molecule has 3 rings (SSSR count). The zero-order valence-electron chi connectivity index (χ0n) is 10.7. The second-order valence-corrected chi connectivity index (χ2v) is 5.80. The SMILES string of the molecule is COc1cc(-c2nc3c(s2)CCCC3N)ccc1O. The lowest BCUT2D eigenvalue weighted by Crippen LogP contribution is -2.16. The molecule has 0 amide bonds. The van der Waals surface area contributed by atoms with Gasteiger partial charge in [-0.05, 0) is 37.5 Å². The third-order valence-electron chi connectivity index (χ3n) is 3.42. The number of rotatable bonds is 2. The molecule has 2 aromatic rings. The van der Waals surface area contributed by atoms with Crippen LogP contribution < -0.4 is 10.5 Å². The molecule has 0 saturated heterocycles. The summed E-state index contributed by atoms with van der Waals surface area (Å²) < 4.78 is 5.13. The molecule has 5 heteroatoms. The van der Waals surface area contributed by atoms with Crippen LogP contribution >= 0.6 is 11.3 Å². The van der Waals surface area contributed by atoms with Crippen molar-refractivity contribution in [1.82, 2.24) is 4.98 Å². The number of nitrogens with zero attached hydrogens (tertiary/aromatic N) is 1. The molecule has 1 aromatic carbocycles. The molecule has 0 bridgehead atoms. The molecule has 1 atom stereocenters. The van der Waals surface area contributed by atoms with E-state index < -0.39 is 0 Å². The Labute approximate surface area is 115 Å². The number of aryl methyl sites for hydroxylation is 1. The Kier molecular flexibility index (Phi) is 3.16. The number of hydrogen-bond acceptors (Lipinski definition) is 5. The summed E-state index contributed by atoms with van der Waals surface area (Å²) in [5.41, 5.74) is 8.10. The number of methoxy groups -OCH3 is 1. The van der Waals surface area contributed by atoms with Crippen LogP contribution in [0.2, 0.25) is 0 Å². The highest BCUT2D eigenvalue weighted by Crippen LogP contribution is 2.38. The summed E-state index contributed by atoms with van der Waals surface area (Å²) >= 11 is 1.69. The first-order chi connectivity index (χ1) is 9.19. The van der Waals surface area contributed by atoms with Crippen molar-refractivity contribution in [3.8, 4) is 22.1 Å². The number of phenolic OH excluding ortho intramolecular Hbond substituents is 1. The molecular weight excluding hydrogens is 260 g/mol. The highest BCUT2D eigenvalue weighted by Gasteiger charge is 2.22. The van der Waals surface area contributed by atoms with Gasteiger partial charge in [0.05, 0.1) is 12.8 Å². The molecule has 3 N–H and O–H groups in total. The molecule has 0 spiro atoms. The van der Waals surface area contributed by atoms with Crippen LogP contribution in [0.15, 0.2) is 18.2 Å². The van der Waals surface area contributed by atoms with Gasteiger partial charge in [0.15, 0.2) is 11.5 Å². The smallest absolute Gasteiger partial charge is 0.161 e. The van der Waals surface area contributed by atoms with Crippen molar-refractivity contribution < 1.29 is 9.84 Å². The lowest BCUT2D eigenvalue weighted by molar-refractivity contribution is 0.373. The highest BCUT2D eigenvalue weighted by atomic mass is 32.1. The zero-order valence-corrected chi connectivity index (χ0v) is 11.5. The van der Waals surface area contributed by atoms with E-state index in [1.165, 1.54) is 4.88 Å². The van der Waals surface area contributed by atoms with Gasteiger partial charge in [-0.2, -0.15) is 0 Å². The molecule has 1 aliphatic rings. The van der Waals surface area contributed by atoms with Crippen molar-refractivity contribution in [3.05, 3.63) is 28.8 Å². The fraction of sp³-hybridized carbons (Fsp3) is 0.357. The summed E-state index contributed by atoms with van der Waals surface area (Å²) in [6, 6.07) is 5.36. The summed E-state index contributed by atoms with van der Waals surface area (Å²) in [5.74, 6) is 0.610. The average molecular weight is 276 g/mol. The molecule has 100 valence electrons. The zero-order chi connectivity index (χ0) is 13.4. The van der Waals surface area contributed by atoms with Crippen LogP contribution in [-0.4, -0.2) is 17.2 Å². The number of nitrogens with two attached hydrogens (primary N) is 1. The fourth-order valence-electron chi connectivity index (χ4n) is 2.39. The van der Waals surface area contributed by atoms with Crippen molar-refractivity contribution >= 4 is 11.3 Å². The normalized spacial score (nSPS) is 18.1. The Morgan fingerprint density at radius 2 is 2.32 bits per heavy atom. The van der Waals surface area contributed by atoms with Gasteiger partial charge in [0.2, 0.25) is 0 Å². The molecule has 0 radical (unpaired) electrons. The molecule has 19 heavy (non-hydrogen) atoms. The number of hydrogen-bond donors (Lipinski definition) is 2. The van der Waals surface area contributed by atoms with Crippen molar-refractivity contribution in [2.24, 2.45) is 5.73 Å². The Morgan fingerprint density at radius 3 is 3.05 bits per heavy atom. The largest absolute Gasteiger partial charge is 0.504 e. The van der Waals surface area contributed by atoms with Crippen LogP contribution in [0.1, 0.15) is 29.5 Å². The van der Waals surface area contributed by atoms with E-state index in [4.69, 9.17) is 10.5 Å². The van der Waals surface area contributed by atoms with Gasteiger partial charge in [-0.15, -0.1) is 11.3 Å². The van der Waals surface area contributed by atoms with Crippen molar-refractivity contribution in [2.75, 3.05) is 7.11 Å². The predicted molar refractivity (Wildman–Crippen MR) is 75.6 cm³/mol. The minimum Gasteiger partial charge on any atom is -0.504 e. The first kappa shape index (κ1) is 12.4. The van der Waals surface area contributed by atoms with Crippen molar-refractivity contribution in [3.63, 3.8) is 0 Å². The number of ether oxygens (including phenoxy) is 1. The van der Waals surface area contributed by atoms with Crippen LogP contribution in [0.5, 0.6) is 11.5 Å². The van der Waals surface area contributed by atoms with Crippen LogP contribution in [-0.2, 0) is 6.42 Å². The summed E-state index contributed by atoms with van der Waals surface area (Å²) in [4.78, 5) is 5.96. The summed E-state index contributed by atoms with van der Waals surface area (Å²) in [6.07, 6.45) is 3.21. The van der Waals surface area contributed by atoms with E-state index in [1.807, 2.05) is 12.1 Å². The second kappa shape index (κ2) is 4.83. The number of thiazole rings is 1.